The number of nitrogens with zero attached hydrogens (tertiary/aromatic N) is 2. The number of hydrogen-bond acceptors (Lipinski definition) is 7. The highest BCUT2D eigenvalue weighted by Crippen LogP contribution is 2.33. The molecule has 0 unspecified atom stereocenters. The van der Waals surface area contributed by atoms with Gasteiger partial charge >= 0.3 is 0 Å². The maximum absolute atomic E-state index is 13.8. The van der Waals surface area contributed by atoms with Crippen LogP contribution in [-0.2, 0) is 16.6 Å². The molecule has 4 aromatic rings. The molecule has 0 bridgehead atoms. The summed E-state index contributed by atoms with van der Waals surface area (Å²) in [5.74, 6) is 2.65. The Labute approximate surface area is 204 Å². The standard InChI is InChI=1S/C26H26N2O6S/c1-18-24(27-26(34-18)23-7-5-6-8-25(23)33-4)17-28(19-9-11-20(31-2)12-10-19)35(29,30)22-15-13-21(32-3)14-16-22/h5-16H,17H2,1-4H3. The van der Waals surface area contributed by atoms with E-state index in [2.05, 4.69) is 4.98 Å². The Hall–Kier alpha value is -3.98. The fraction of sp³-hybridized carbons (Fsp3) is 0.192. The van der Waals surface area contributed by atoms with E-state index in [1.807, 2.05) is 24.3 Å². The summed E-state index contributed by atoms with van der Waals surface area (Å²) >= 11 is 0. The second-order valence-electron chi connectivity index (χ2n) is 7.61. The maximum Gasteiger partial charge on any atom is 0.264 e. The van der Waals surface area contributed by atoms with E-state index in [0.717, 1.165) is 0 Å². The van der Waals surface area contributed by atoms with Gasteiger partial charge in [-0.25, -0.2) is 13.4 Å². The van der Waals surface area contributed by atoms with Crippen LogP contribution in [-0.4, -0.2) is 34.7 Å². The van der Waals surface area contributed by atoms with Crippen molar-refractivity contribution < 1.29 is 27.0 Å². The van der Waals surface area contributed by atoms with Crippen molar-refractivity contribution in [2.75, 3.05) is 25.6 Å². The highest BCUT2D eigenvalue weighted by molar-refractivity contribution is 7.92. The number of aryl methyl sites for hydroxylation is 1. The number of methoxy groups -OCH3 is 3. The molecule has 0 aliphatic carbocycles. The smallest absolute Gasteiger partial charge is 0.264 e. The van der Waals surface area contributed by atoms with Gasteiger partial charge in [-0.3, -0.25) is 4.31 Å². The summed E-state index contributed by atoms with van der Waals surface area (Å²) in [4.78, 5) is 4.75. The van der Waals surface area contributed by atoms with Crippen LogP contribution in [0.2, 0.25) is 0 Å². The molecule has 1 heterocycles. The molecule has 3 aromatic carbocycles. The van der Waals surface area contributed by atoms with Gasteiger partial charge in [0, 0.05) is 0 Å². The molecular formula is C26H26N2O6S. The van der Waals surface area contributed by atoms with E-state index in [4.69, 9.17) is 18.6 Å². The fourth-order valence-corrected chi connectivity index (χ4v) is 5.01. The minimum absolute atomic E-state index is 0.0365. The van der Waals surface area contributed by atoms with Gasteiger partial charge in [-0.2, -0.15) is 0 Å². The molecule has 182 valence electrons. The van der Waals surface area contributed by atoms with Gasteiger partial charge in [0.2, 0.25) is 5.89 Å². The summed E-state index contributed by atoms with van der Waals surface area (Å²) in [6.07, 6.45) is 0. The van der Waals surface area contributed by atoms with E-state index >= 15 is 0 Å². The van der Waals surface area contributed by atoms with Crippen molar-refractivity contribution in [1.82, 2.24) is 4.98 Å². The van der Waals surface area contributed by atoms with Crippen molar-refractivity contribution in [3.05, 3.63) is 84.3 Å². The molecule has 0 saturated heterocycles. The predicted molar refractivity (Wildman–Crippen MR) is 133 cm³/mol. The Bertz CT molecular complexity index is 1400. The topological polar surface area (TPSA) is 91.1 Å². The van der Waals surface area contributed by atoms with Gasteiger partial charge in [-0.1, -0.05) is 12.1 Å². The first-order chi connectivity index (χ1) is 16.9. The summed E-state index contributed by atoms with van der Waals surface area (Å²) in [7, 11) is 0.703. The molecule has 0 amide bonds. The number of hydrogen-bond donors (Lipinski definition) is 0. The summed E-state index contributed by atoms with van der Waals surface area (Å²) in [6.45, 7) is 1.72. The van der Waals surface area contributed by atoms with Crippen LogP contribution < -0.4 is 18.5 Å². The lowest BCUT2D eigenvalue weighted by Gasteiger charge is -2.24. The van der Waals surface area contributed by atoms with Crippen molar-refractivity contribution in [3.8, 4) is 28.7 Å². The first kappa shape index (κ1) is 24.2. The first-order valence-corrected chi connectivity index (χ1v) is 12.2. The monoisotopic (exact) mass is 494 g/mol. The number of aromatic nitrogens is 1. The number of ether oxygens (including phenoxy) is 3. The Morgan fingerprint density at radius 3 is 2.03 bits per heavy atom. The van der Waals surface area contributed by atoms with Gasteiger partial charge in [0.25, 0.3) is 10.0 Å². The Balaban J connectivity index is 1.76. The van der Waals surface area contributed by atoms with E-state index in [1.165, 1.54) is 23.5 Å². The molecule has 0 saturated carbocycles. The minimum Gasteiger partial charge on any atom is -0.497 e. The van der Waals surface area contributed by atoms with E-state index in [9.17, 15) is 8.42 Å². The highest BCUT2D eigenvalue weighted by atomic mass is 32.2. The van der Waals surface area contributed by atoms with E-state index in [-0.39, 0.29) is 11.4 Å². The second kappa shape index (κ2) is 10.1. The summed E-state index contributed by atoms with van der Waals surface area (Å²) in [6, 6.07) is 20.4. The van der Waals surface area contributed by atoms with Crippen LogP contribution >= 0.6 is 0 Å². The molecule has 0 fully saturated rings. The van der Waals surface area contributed by atoms with Gasteiger partial charge in [0.15, 0.2) is 0 Å². The van der Waals surface area contributed by atoms with Crippen LogP contribution in [0.1, 0.15) is 11.5 Å². The molecular weight excluding hydrogens is 468 g/mol. The lowest BCUT2D eigenvalue weighted by Crippen LogP contribution is -2.31. The summed E-state index contributed by atoms with van der Waals surface area (Å²) < 4.78 is 50.6. The molecule has 0 aliphatic heterocycles. The third-order valence-electron chi connectivity index (χ3n) is 5.53. The van der Waals surface area contributed by atoms with Crippen LogP contribution in [0.25, 0.3) is 11.5 Å². The van der Waals surface area contributed by atoms with Gasteiger partial charge in [0.1, 0.15) is 28.7 Å². The van der Waals surface area contributed by atoms with Crippen molar-refractivity contribution in [3.63, 3.8) is 0 Å². The normalized spacial score (nSPS) is 11.2. The van der Waals surface area contributed by atoms with Gasteiger partial charge in [-0.15, -0.1) is 0 Å². The number of sulfonamides is 1. The highest BCUT2D eigenvalue weighted by Gasteiger charge is 2.28. The summed E-state index contributed by atoms with van der Waals surface area (Å²) in [5.41, 5.74) is 1.63. The average Bonchev–Trinajstić information content (AvgIpc) is 3.27. The SMILES string of the molecule is COc1ccc(N(Cc2nc(-c3ccccc3OC)oc2C)S(=O)(=O)c2ccc(OC)cc2)cc1. The molecule has 0 aliphatic rings. The van der Waals surface area contributed by atoms with Crippen molar-refractivity contribution in [2.24, 2.45) is 0 Å². The molecule has 1 aromatic heterocycles. The number of benzene rings is 3. The molecule has 8 nitrogen and oxygen atoms in total. The number of oxazole rings is 1. The molecule has 9 heteroatoms. The molecule has 0 radical (unpaired) electrons. The Morgan fingerprint density at radius 1 is 0.829 bits per heavy atom. The van der Waals surface area contributed by atoms with E-state index in [0.29, 0.717) is 45.8 Å². The van der Waals surface area contributed by atoms with Crippen LogP contribution in [0.4, 0.5) is 5.69 Å². The second-order valence-corrected chi connectivity index (χ2v) is 9.47. The Morgan fingerprint density at radius 2 is 1.43 bits per heavy atom. The zero-order valence-electron chi connectivity index (χ0n) is 19.9. The van der Waals surface area contributed by atoms with Gasteiger partial charge in [0.05, 0.1) is 44.0 Å². The lowest BCUT2D eigenvalue weighted by molar-refractivity contribution is 0.414. The largest absolute Gasteiger partial charge is 0.497 e. The third kappa shape index (κ3) is 4.95. The third-order valence-corrected chi connectivity index (χ3v) is 7.32. The van der Waals surface area contributed by atoms with Crippen molar-refractivity contribution in [2.45, 2.75) is 18.4 Å². The van der Waals surface area contributed by atoms with Crippen molar-refractivity contribution in [1.29, 1.82) is 0 Å². The number of rotatable bonds is 9. The van der Waals surface area contributed by atoms with Crippen molar-refractivity contribution >= 4 is 15.7 Å². The quantitative estimate of drug-likeness (QED) is 0.321. The lowest BCUT2D eigenvalue weighted by atomic mass is 10.2. The summed E-state index contributed by atoms with van der Waals surface area (Å²) in [5, 5.41) is 0. The van der Waals surface area contributed by atoms with Gasteiger partial charge in [-0.05, 0) is 67.6 Å². The predicted octanol–water partition coefficient (Wildman–Crippen LogP) is 5.07. The van der Waals surface area contributed by atoms with Crippen LogP contribution in [0, 0.1) is 6.92 Å². The van der Waals surface area contributed by atoms with Crippen LogP contribution in [0.3, 0.4) is 0 Å². The molecule has 0 atom stereocenters. The maximum atomic E-state index is 13.8. The van der Waals surface area contributed by atoms with E-state index in [1.54, 1.807) is 57.5 Å². The first-order valence-electron chi connectivity index (χ1n) is 10.8. The minimum atomic E-state index is -3.95. The van der Waals surface area contributed by atoms with Crippen LogP contribution in [0.15, 0.2) is 82.1 Å². The molecule has 4 rings (SSSR count). The zero-order valence-corrected chi connectivity index (χ0v) is 20.7. The average molecular weight is 495 g/mol. The van der Waals surface area contributed by atoms with E-state index < -0.39 is 10.0 Å². The fourth-order valence-electron chi connectivity index (χ4n) is 3.59. The molecule has 0 spiro atoms. The number of para-hydroxylation sites is 1. The number of anilines is 1. The molecule has 35 heavy (non-hydrogen) atoms. The zero-order chi connectivity index (χ0) is 25.0. The van der Waals surface area contributed by atoms with Crippen LogP contribution in [0.5, 0.6) is 17.2 Å². The van der Waals surface area contributed by atoms with Gasteiger partial charge < -0.3 is 18.6 Å². The Kier molecular flexibility index (Phi) is 6.97. The molecule has 0 N–H and O–H groups in total.